The van der Waals surface area contributed by atoms with Gasteiger partial charge in [0, 0.05) is 6.07 Å². The molecule has 3 rings (SSSR count). The van der Waals surface area contributed by atoms with Gasteiger partial charge in [-0.25, -0.2) is 4.39 Å². The van der Waals surface area contributed by atoms with Gasteiger partial charge in [0.05, 0.1) is 16.1 Å². The largest absolute Gasteiger partial charge is 0.453 e. The van der Waals surface area contributed by atoms with Gasteiger partial charge in [0.1, 0.15) is 11.3 Å². The van der Waals surface area contributed by atoms with Crippen molar-refractivity contribution in [1.29, 1.82) is 0 Å². The van der Waals surface area contributed by atoms with Crippen molar-refractivity contribution >= 4 is 28.5 Å². The van der Waals surface area contributed by atoms with Crippen LogP contribution in [-0.4, -0.2) is 26.0 Å². The lowest BCUT2D eigenvalue weighted by atomic mass is 10.2. The number of halogens is 5. The quantitative estimate of drug-likeness (QED) is 0.227. The SMILES string of the molecule is CC(=NO)n1nnc2ccc(Oc3c(F)cc(C(F)(F)F)cc3Cl)cc21. The number of nitrogens with zero attached hydrogens (tertiary/aromatic N) is 4. The average molecular weight is 389 g/mol. The van der Waals surface area contributed by atoms with Gasteiger partial charge in [-0.2, -0.15) is 17.9 Å². The number of fused-ring (bicyclic) bond motifs is 1. The molecule has 0 radical (unpaired) electrons. The number of alkyl halides is 3. The maximum Gasteiger partial charge on any atom is 0.416 e. The Hall–Kier alpha value is -2.88. The van der Waals surface area contributed by atoms with Crippen LogP contribution in [0.1, 0.15) is 12.5 Å². The number of ether oxygens (including phenoxy) is 1. The molecule has 3 aromatic rings. The van der Waals surface area contributed by atoms with Gasteiger partial charge >= 0.3 is 6.18 Å². The minimum Gasteiger partial charge on any atom is -0.453 e. The summed E-state index contributed by atoms with van der Waals surface area (Å²) in [4.78, 5) is 0. The summed E-state index contributed by atoms with van der Waals surface area (Å²) in [5.74, 6) is -1.62. The van der Waals surface area contributed by atoms with Gasteiger partial charge in [0.15, 0.2) is 17.4 Å². The molecule has 0 aliphatic heterocycles. The smallest absolute Gasteiger partial charge is 0.416 e. The first kappa shape index (κ1) is 17.9. The van der Waals surface area contributed by atoms with Crippen LogP contribution < -0.4 is 4.74 Å². The highest BCUT2D eigenvalue weighted by atomic mass is 35.5. The second kappa shape index (κ2) is 6.45. The number of hydrogen-bond donors (Lipinski definition) is 1. The highest BCUT2D eigenvalue weighted by molar-refractivity contribution is 6.32. The number of hydrogen-bond acceptors (Lipinski definition) is 5. The van der Waals surface area contributed by atoms with Crippen molar-refractivity contribution in [3.05, 3.63) is 46.7 Å². The molecule has 1 heterocycles. The topological polar surface area (TPSA) is 72.5 Å². The van der Waals surface area contributed by atoms with E-state index in [1.54, 1.807) is 0 Å². The van der Waals surface area contributed by atoms with Gasteiger partial charge in [0.25, 0.3) is 0 Å². The molecule has 136 valence electrons. The summed E-state index contributed by atoms with van der Waals surface area (Å²) < 4.78 is 58.6. The van der Waals surface area contributed by atoms with Crippen LogP contribution in [0.3, 0.4) is 0 Å². The Morgan fingerprint density at radius 3 is 2.62 bits per heavy atom. The molecule has 26 heavy (non-hydrogen) atoms. The first-order valence-electron chi connectivity index (χ1n) is 6.99. The zero-order valence-electron chi connectivity index (χ0n) is 12.9. The molecule has 1 N–H and O–H groups in total. The lowest BCUT2D eigenvalue weighted by Gasteiger charge is -2.12. The molecule has 0 unspecified atom stereocenters. The van der Waals surface area contributed by atoms with Crippen LogP contribution in [0.2, 0.25) is 5.02 Å². The number of rotatable bonds is 2. The van der Waals surface area contributed by atoms with Crippen LogP contribution in [0.5, 0.6) is 11.5 Å². The minimum atomic E-state index is -4.73. The molecule has 1 aromatic heterocycles. The third-order valence-electron chi connectivity index (χ3n) is 3.41. The first-order valence-corrected chi connectivity index (χ1v) is 7.37. The maximum absolute atomic E-state index is 14.1. The Kier molecular flexibility index (Phi) is 4.45. The predicted molar refractivity (Wildman–Crippen MR) is 84.3 cm³/mol. The van der Waals surface area contributed by atoms with E-state index >= 15 is 0 Å². The van der Waals surface area contributed by atoms with Crippen LogP contribution in [0.25, 0.3) is 11.0 Å². The van der Waals surface area contributed by atoms with Crippen molar-refractivity contribution in [1.82, 2.24) is 15.0 Å². The van der Waals surface area contributed by atoms with E-state index < -0.39 is 28.3 Å². The van der Waals surface area contributed by atoms with Gasteiger partial charge in [-0.1, -0.05) is 22.0 Å². The van der Waals surface area contributed by atoms with Gasteiger partial charge in [-0.3, -0.25) is 0 Å². The molecule has 0 aliphatic rings. The Morgan fingerprint density at radius 2 is 2.00 bits per heavy atom. The predicted octanol–water partition coefficient (Wildman–Crippen LogP) is 4.69. The Morgan fingerprint density at radius 1 is 1.27 bits per heavy atom. The second-order valence-electron chi connectivity index (χ2n) is 5.17. The molecule has 0 bridgehead atoms. The maximum atomic E-state index is 14.1. The number of benzene rings is 2. The molecular weight excluding hydrogens is 380 g/mol. The molecule has 0 saturated carbocycles. The highest BCUT2D eigenvalue weighted by Gasteiger charge is 2.32. The van der Waals surface area contributed by atoms with Crippen LogP contribution in [-0.2, 0) is 6.18 Å². The summed E-state index contributed by atoms with van der Waals surface area (Å²) in [6.07, 6.45) is -4.73. The summed E-state index contributed by atoms with van der Waals surface area (Å²) in [5.41, 5.74) is -0.416. The van der Waals surface area contributed by atoms with Crippen molar-refractivity contribution < 1.29 is 27.5 Å². The first-order chi connectivity index (χ1) is 12.2. The minimum absolute atomic E-state index is 0.0762. The summed E-state index contributed by atoms with van der Waals surface area (Å²) in [6.45, 7) is 1.47. The molecule has 6 nitrogen and oxygen atoms in total. The Labute approximate surface area is 148 Å². The molecule has 2 aromatic carbocycles. The van der Waals surface area contributed by atoms with Crippen LogP contribution in [0.4, 0.5) is 17.6 Å². The number of aromatic nitrogens is 3. The van der Waals surface area contributed by atoms with Crippen molar-refractivity contribution in [2.45, 2.75) is 13.1 Å². The molecule has 0 saturated heterocycles. The van der Waals surface area contributed by atoms with E-state index in [0.717, 1.165) is 0 Å². The van der Waals surface area contributed by atoms with E-state index in [1.807, 2.05) is 0 Å². The van der Waals surface area contributed by atoms with Crippen molar-refractivity contribution in [2.24, 2.45) is 5.16 Å². The fourth-order valence-electron chi connectivity index (χ4n) is 2.18. The van der Waals surface area contributed by atoms with E-state index in [9.17, 15) is 17.6 Å². The van der Waals surface area contributed by atoms with Crippen molar-refractivity contribution in [2.75, 3.05) is 0 Å². The molecule has 0 fully saturated rings. The zero-order valence-corrected chi connectivity index (χ0v) is 13.7. The summed E-state index contributed by atoms with van der Waals surface area (Å²) in [5, 5.41) is 19.0. The third-order valence-corrected chi connectivity index (χ3v) is 3.69. The van der Waals surface area contributed by atoms with Gasteiger partial charge < -0.3 is 9.94 Å². The Bertz CT molecular complexity index is 994. The van der Waals surface area contributed by atoms with Crippen molar-refractivity contribution in [3.8, 4) is 11.5 Å². The summed E-state index contributed by atoms with van der Waals surface area (Å²) >= 11 is 5.74. The monoisotopic (exact) mass is 388 g/mol. The molecule has 0 atom stereocenters. The zero-order chi connectivity index (χ0) is 19.1. The van der Waals surface area contributed by atoms with Crippen molar-refractivity contribution in [3.63, 3.8) is 0 Å². The lowest BCUT2D eigenvalue weighted by Crippen LogP contribution is -2.09. The van der Waals surface area contributed by atoms with Gasteiger partial charge in [0.2, 0.25) is 0 Å². The summed E-state index contributed by atoms with van der Waals surface area (Å²) in [7, 11) is 0. The van der Waals surface area contributed by atoms with E-state index in [0.29, 0.717) is 23.2 Å². The molecule has 0 amide bonds. The molecule has 11 heteroatoms. The standard InChI is InChI=1S/C15H9ClF4N4O2/c1-7(22-25)24-13-6-9(2-3-12(13)21-23-24)26-14-10(16)4-8(5-11(14)17)15(18,19)20/h2-6,25H,1H3. The lowest BCUT2D eigenvalue weighted by molar-refractivity contribution is -0.137. The van der Waals surface area contributed by atoms with E-state index in [1.165, 1.54) is 29.8 Å². The highest BCUT2D eigenvalue weighted by Crippen LogP contribution is 2.38. The molecule has 0 aliphatic carbocycles. The number of oxime groups is 1. The van der Waals surface area contributed by atoms with E-state index in [2.05, 4.69) is 15.5 Å². The van der Waals surface area contributed by atoms with E-state index in [4.69, 9.17) is 21.5 Å². The Balaban J connectivity index is 2.01. The summed E-state index contributed by atoms with van der Waals surface area (Å²) in [6, 6.07) is 5.19. The second-order valence-corrected chi connectivity index (χ2v) is 5.58. The molecule has 0 spiro atoms. The van der Waals surface area contributed by atoms with Gasteiger partial charge in [-0.15, -0.1) is 5.10 Å². The van der Waals surface area contributed by atoms with Crippen LogP contribution in [0, 0.1) is 5.82 Å². The fraction of sp³-hybridized carbons (Fsp3) is 0.133. The van der Waals surface area contributed by atoms with E-state index in [-0.39, 0.29) is 11.6 Å². The normalized spacial score (nSPS) is 12.6. The fourth-order valence-corrected chi connectivity index (χ4v) is 2.43. The average Bonchev–Trinajstić information content (AvgIpc) is 2.99. The van der Waals surface area contributed by atoms with Crippen LogP contribution >= 0.6 is 11.6 Å². The molecular formula is C15H9ClF4N4O2. The van der Waals surface area contributed by atoms with Crippen LogP contribution in [0.15, 0.2) is 35.5 Å². The van der Waals surface area contributed by atoms with Gasteiger partial charge in [-0.05, 0) is 31.2 Å². The third kappa shape index (κ3) is 3.27.